The summed E-state index contributed by atoms with van der Waals surface area (Å²) in [5.74, 6) is -3.49. The topological polar surface area (TPSA) is 179 Å². The molecule has 0 aliphatic carbocycles. The molecule has 35 heavy (non-hydrogen) atoms. The van der Waals surface area contributed by atoms with E-state index in [2.05, 4.69) is 38.5 Å². The molecule has 7 N–H and O–H groups in total. The zero-order valence-corrected chi connectivity index (χ0v) is 20.5. The number of rotatable bonds is 13. The molecule has 1 aromatic heterocycles. The quantitative estimate of drug-likeness (QED) is 0.182. The number of benzene rings is 1. The van der Waals surface area contributed by atoms with Crippen LogP contribution in [0.3, 0.4) is 0 Å². The lowest BCUT2D eigenvalue weighted by Gasteiger charge is -2.25. The molecule has 0 fully saturated rings. The molecule has 0 spiro atoms. The van der Waals surface area contributed by atoms with Gasteiger partial charge in [0.05, 0.1) is 12.4 Å². The third-order valence-corrected chi connectivity index (χ3v) is 5.66. The highest BCUT2D eigenvalue weighted by Gasteiger charge is 2.31. The molecule has 11 nitrogen and oxygen atoms in total. The summed E-state index contributed by atoms with van der Waals surface area (Å²) in [6, 6.07) is 5.00. The van der Waals surface area contributed by atoms with Gasteiger partial charge in [-0.2, -0.15) is 12.6 Å². The number of nitrogens with two attached hydrogens (primary N) is 1. The summed E-state index contributed by atoms with van der Waals surface area (Å²) in [5.41, 5.74) is 7.43. The Morgan fingerprint density at radius 3 is 2.17 bits per heavy atom. The van der Waals surface area contributed by atoms with Crippen LogP contribution in [-0.2, 0) is 32.0 Å². The number of carboxylic acids is 1. The Morgan fingerprint density at radius 1 is 1.00 bits per heavy atom. The van der Waals surface area contributed by atoms with Gasteiger partial charge in [-0.3, -0.25) is 14.4 Å². The van der Waals surface area contributed by atoms with Gasteiger partial charge in [0.2, 0.25) is 17.7 Å². The minimum atomic E-state index is -1.19. The average molecular weight is 505 g/mol. The van der Waals surface area contributed by atoms with E-state index in [1.165, 1.54) is 12.5 Å². The van der Waals surface area contributed by atoms with Gasteiger partial charge in [-0.25, -0.2) is 9.78 Å². The Bertz CT molecular complexity index is 986. The summed E-state index contributed by atoms with van der Waals surface area (Å²) < 4.78 is 0. The number of carbonyl (C=O) groups excluding carboxylic acids is 3. The summed E-state index contributed by atoms with van der Waals surface area (Å²) in [5, 5.41) is 17.0. The number of hydrogen-bond donors (Lipinski definition) is 7. The van der Waals surface area contributed by atoms with Crippen molar-refractivity contribution in [1.82, 2.24) is 25.9 Å². The van der Waals surface area contributed by atoms with E-state index in [0.717, 1.165) is 5.56 Å². The second-order valence-electron chi connectivity index (χ2n) is 8.45. The molecule has 0 saturated heterocycles. The molecule has 1 heterocycles. The van der Waals surface area contributed by atoms with E-state index in [1.54, 1.807) is 13.8 Å². The number of amides is 3. The zero-order valence-electron chi connectivity index (χ0n) is 19.6. The summed E-state index contributed by atoms with van der Waals surface area (Å²) >= 11 is 4.16. The van der Waals surface area contributed by atoms with Crippen LogP contribution in [0.15, 0.2) is 42.9 Å². The minimum Gasteiger partial charge on any atom is -0.480 e. The molecule has 0 saturated carbocycles. The predicted octanol–water partition coefficient (Wildman–Crippen LogP) is -0.353. The molecule has 2 aromatic rings. The van der Waals surface area contributed by atoms with Gasteiger partial charge in [-0.1, -0.05) is 44.2 Å². The van der Waals surface area contributed by atoms with Crippen molar-refractivity contribution in [3.05, 3.63) is 54.1 Å². The number of aromatic amines is 1. The van der Waals surface area contributed by atoms with Gasteiger partial charge in [0.1, 0.15) is 18.1 Å². The predicted molar refractivity (Wildman–Crippen MR) is 133 cm³/mol. The van der Waals surface area contributed by atoms with Crippen LogP contribution in [0.1, 0.15) is 25.1 Å². The summed E-state index contributed by atoms with van der Waals surface area (Å²) in [4.78, 5) is 56.7. The SMILES string of the molecule is CC(C)C(NC(=O)C(Cc1cnc[nH]1)NC(=O)C(CS)NC(=O)C(N)Cc1ccccc1)C(=O)O. The first-order chi connectivity index (χ1) is 16.6. The van der Waals surface area contributed by atoms with Crippen molar-refractivity contribution in [3.63, 3.8) is 0 Å². The van der Waals surface area contributed by atoms with Crippen molar-refractivity contribution < 1.29 is 24.3 Å². The van der Waals surface area contributed by atoms with Crippen molar-refractivity contribution in [2.24, 2.45) is 11.7 Å². The van der Waals surface area contributed by atoms with Crippen LogP contribution in [0.25, 0.3) is 0 Å². The first kappa shape index (κ1) is 27.9. The smallest absolute Gasteiger partial charge is 0.326 e. The highest BCUT2D eigenvalue weighted by atomic mass is 32.1. The molecule has 190 valence electrons. The molecule has 4 atom stereocenters. The summed E-state index contributed by atoms with van der Waals surface area (Å²) in [7, 11) is 0. The fourth-order valence-electron chi connectivity index (χ4n) is 3.30. The number of nitrogens with one attached hydrogen (secondary N) is 4. The van der Waals surface area contributed by atoms with Gasteiger partial charge < -0.3 is 31.8 Å². The maximum atomic E-state index is 12.9. The zero-order chi connectivity index (χ0) is 26.0. The van der Waals surface area contributed by atoms with Gasteiger partial charge in [-0.05, 0) is 17.9 Å². The number of aromatic nitrogens is 2. The Hall–Kier alpha value is -3.38. The number of carbonyl (C=O) groups is 4. The number of carboxylic acid groups (broad SMARTS) is 1. The molecule has 0 radical (unpaired) electrons. The Balaban J connectivity index is 2.08. The lowest BCUT2D eigenvalue weighted by atomic mass is 10.0. The summed E-state index contributed by atoms with van der Waals surface area (Å²) in [6.45, 7) is 3.32. The van der Waals surface area contributed by atoms with Gasteiger partial charge >= 0.3 is 5.97 Å². The van der Waals surface area contributed by atoms with Crippen LogP contribution in [-0.4, -0.2) is 68.7 Å². The van der Waals surface area contributed by atoms with Crippen molar-refractivity contribution in [3.8, 4) is 0 Å². The lowest BCUT2D eigenvalue weighted by Crippen LogP contribution is -2.58. The lowest BCUT2D eigenvalue weighted by molar-refractivity contribution is -0.143. The second kappa shape index (κ2) is 13.5. The van der Waals surface area contributed by atoms with E-state index in [0.29, 0.717) is 5.69 Å². The van der Waals surface area contributed by atoms with E-state index >= 15 is 0 Å². The standard InChI is InChI=1S/C23H32N6O5S/c1-13(2)19(23(33)34)29-21(31)17(9-15-10-25-12-26-15)27-22(32)18(11-35)28-20(30)16(24)8-14-6-4-3-5-7-14/h3-7,10,12-13,16-19,35H,8-9,11,24H2,1-2H3,(H,25,26)(H,27,32)(H,28,30)(H,29,31)(H,33,34). The minimum absolute atomic E-state index is 0.0305. The monoisotopic (exact) mass is 504 g/mol. The molecular formula is C23H32N6O5S. The van der Waals surface area contributed by atoms with E-state index in [1.807, 2.05) is 30.3 Å². The first-order valence-corrected chi connectivity index (χ1v) is 11.8. The maximum Gasteiger partial charge on any atom is 0.326 e. The number of H-pyrrole nitrogens is 1. The van der Waals surface area contributed by atoms with Crippen LogP contribution in [0.2, 0.25) is 0 Å². The molecular weight excluding hydrogens is 472 g/mol. The second-order valence-corrected chi connectivity index (χ2v) is 8.82. The van der Waals surface area contributed by atoms with Gasteiger partial charge in [0.25, 0.3) is 0 Å². The number of hydrogen-bond acceptors (Lipinski definition) is 7. The number of aliphatic carboxylic acids is 1. The molecule has 0 aliphatic rings. The number of nitrogens with zero attached hydrogens (tertiary/aromatic N) is 1. The fourth-order valence-corrected chi connectivity index (χ4v) is 3.56. The maximum absolute atomic E-state index is 12.9. The molecule has 4 unspecified atom stereocenters. The van der Waals surface area contributed by atoms with Crippen molar-refractivity contribution in [2.45, 2.75) is 50.9 Å². The van der Waals surface area contributed by atoms with E-state index in [-0.39, 0.29) is 24.5 Å². The highest BCUT2D eigenvalue weighted by molar-refractivity contribution is 7.80. The first-order valence-electron chi connectivity index (χ1n) is 11.1. The number of imidazole rings is 1. The largest absolute Gasteiger partial charge is 0.480 e. The highest BCUT2D eigenvalue weighted by Crippen LogP contribution is 2.06. The van der Waals surface area contributed by atoms with Crippen LogP contribution >= 0.6 is 12.6 Å². The molecule has 0 bridgehead atoms. The Morgan fingerprint density at radius 2 is 1.63 bits per heavy atom. The fraction of sp³-hybridized carbons (Fsp3) is 0.435. The molecule has 1 aromatic carbocycles. The van der Waals surface area contributed by atoms with Crippen LogP contribution in [0, 0.1) is 5.92 Å². The van der Waals surface area contributed by atoms with Crippen molar-refractivity contribution in [2.75, 3.05) is 5.75 Å². The van der Waals surface area contributed by atoms with Gasteiger partial charge in [-0.15, -0.1) is 0 Å². The van der Waals surface area contributed by atoms with Crippen molar-refractivity contribution in [1.29, 1.82) is 0 Å². The summed E-state index contributed by atoms with van der Waals surface area (Å²) in [6.07, 6.45) is 3.22. The van der Waals surface area contributed by atoms with E-state index in [9.17, 15) is 24.3 Å². The third kappa shape index (κ3) is 8.72. The molecule has 0 aliphatic heterocycles. The molecule has 12 heteroatoms. The van der Waals surface area contributed by atoms with Crippen LogP contribution in [0.4, 0.5) is 0 Å². The van der Waals surface area contributed by atoms with Gasteiger partial charge in [0, 0.05) is 24.1 Å². The van der Waals surface area contributed by atoms with E-state index in [4.69, 9.17) is 5.73 Å². The molecule has 3 amide bonds. The van der Waals surface area contributed by atoms with Crippen LogP contribution < -0.4 is 21.7 Å². The molecule has 2 rings (SSSR count). The third-order valence-electron chi connectivity index (χ3n) is 5.29. The Kier molecular flexibility index (Phi) is 10.7. The number of thiol groups is 1. The Labute approximate surface area is 209 Å². The average Bonchev–Trinajstić information content (AvgIpc) is 3.33. The van der Waals surface area contributed by atoms with Crippen molar-refractivity contribution >= 4 is 36.3 Å². The van der Waals surface area contributed by atoms with Crippen LogP contribution in [0.5, 0.6) is 0 Å². The van der Waals surface area contributed by atoms with E-state index < -0.39 is 47.9 Å². The van der Waals surface area contributed by atoms with Gasteiger partial charge in [0.15, 0.2) is 0 Å². The normalized spacial score (nSPS) is 14.4.